The third-order valence-electron chi connectivity index (χ3n) is 4.63. The second kappa shape index (κ2) is 9.62. The molecule has 0 aliphatic rings. The molecule has 3 aromatic rings. The number of aromatic nitrogens is 2. The number of anilines is 2. The molecular weight excluding hydrogens is 428 g/mol. The average Bonchev–Trinajstić information content (AvgIpc) is 3.16. The smallest absolute Gasteiger partial charge is 0.257 e. The number of nitrogens with one attached hydrogen (secondary N) is 2. The fraction of sp³-hybridized carbons (Fsp3) is 0.304. The molecule has 31 heavy (non-hydrogen) atoms. The van der Waals surface area contributed by atoms with Crippen molar-refractivity contribution >= 4 is 45.7 Å². The van der Waals surface area contributed by atoms with Crippen molar-refractivity contribution in [3.05, 3.63) is 64.7 Å². The molecule has 0 fully saturated rings. The summed E-state index contributed by atoms with van der Waals surface area (Å²) in [5.74, 6) is -0.135. The summed E-state index contributed by atoms with van der Waals surface area (Å²) in [6, 6.07) is 13.5. The molecule has 0 saturated carbocycles. The molecule has 0 radical (unpaired) electrons. The van der Waals surface area contributed by atoms with Crippen molar-refractivity contribution in [3.63, 3.8) is 0 Å². The largest absolute Gasteiger partial charge is 0.325 e. The maximum absolute atomic E-state index is 12.5. The lowest BCUT2D eigenvalue weighted by atomic mass is 9.87. The van der Waals surface area contributed by atoms with Crippen molar-refractivity contribution in [1.29, 1.82) is 0 Å². The Bertz CT molecular complexity index is 1090. The number of carbonyl (C=O) groups excluding carboxylic acids is 2. The fourth-order valence-electron chi connectivity index (χ4n) is 2.79. The van der Waals surface area contributed by atoms with Gasteiger partial charge >= 0.3 is 0 Å². The Kier molecular flexibility index (Phi) is 7.12. The van der Waals surface area contributed by atoms with Crippen LogP contribution in [0.5, 0.6) is 0 Å². The molecule has 0 spiro atoms. The SMILES string of the molecule is Cc1ccc(C)c(NC(=O)CSc2nnc(NC(=O)c3ccc(C(C)(C)C)cc3)s2)c1. The van der Waals surface area contributed by atoms with Crippen molar-refractivity contribution < 1.29 is 9.59 Å². The first-order valence-corrected chi connectivity index (χ1v) is 11.7. The first-order chi connectivity index (χ1) is 14.6. The Hall–Kier alpha value is -2.71. The molecule has 0 saturated heterocycles. The minimum absolute atomic E-state index is 0.0324. The zero-order valence-corrected chi connectivity index (χ0v) is 19.9. The lowest BCUT2D eigenvalue weighted by molar-refractivity contribution is -0.113. The van der Waals surface area contributed by atoms with Gasteiger partial charge in [-0.1, -0.05) is 68.1 Å². The van der Waals surface area contributed by atoms with Gasteiger partial charge in [-0.3, -0.25) is 14.9 Å². The Morgan fingerprint density at radius 2 is 1.71 bits per heavy atom. The van der Waals surface area contributed by atoms with Crippen LogP contribution < -0.4 is 10.6 Å². The minimum Gasteiger partial charge on any atom is -0.325 e. The molecule has 0 bridgehead atoms. The Morgan fingerprint density at radius 3 is 2.39 bits per heavy atom. The number of thioether (sulfide) groups is 1. The third-order valence-corrected chi connectivity index (χ3v) is 6.61. The van der Waals surface area contributed by atoms with Crippen molar-refractivity contribution in [3.8, 4) is 0 Å². The molecule has 8 heteroatoms. The van der Waals surface area contributed by atoms with E-state index in [9.17, 15) is 9.59 Å². The van der Waals surface area contributed by atoms with E-state index in [2.05, 4.69) is 41.6 Å². The molecule has 2 N–H and O–H groups in total. The predicted molar refractivity (Wildman–Crippen MR) is 128 cm³/mol. The average molecular weight is 455 g/mol. The number of hydrogen-bond acceptors (Lipinski definition) is 6. The molecule has 0 unspecified atom stereocenters. The van der Waals surface area contributed by atoms with E-state index < -0.39 is 0 Å². The zero-order chi connectivity index (χ0) is 22.6. The van der Waals surface area contributed by atoms with Gasteiger partial charge in [-0.2, -0.15) is 0 Å². The second-order valence-corrected chi connectivity index (χ2v) is 10.5. The van der Waals surface area contributed by atoms with Gasteiger partial charge in [0, 0.05) is 11.3 Å². The van der Waals surface area contributed by atoms with Gasteiger partial charge in [0.05, 0.1) is 5.75 Å². The van der Waals surface area contributed by atoms with Crippen molar-refractivity contribution in [2.75, 3.05) is 16.4 Å². The van der Waals surface area contributed by atoms with E-state index >= 15 is 0 Å². The van der Waals surface area contributed by atoms with E-state index in [0.717, 1.165) is 22.4 Å². The number of hydrogen-bond donors (Lipinski definition) is 2. The normalized spacial score (nSPS) is 11.3. The second-order valence-electron chi connectivity index (χ2n) is 8.31. The van der Waals surface area contributed by atoms with E-state index in [4.69, 9.17) is 0 Å². The molecule has 1 heterocycles. The Labute approximate surface area is 190 Å². The summed E-state index contributed by atoms with van der Waals surface area (Å²) < 4.78 is 0.620. The monoisotopic (exact) mass is 454 g/mol. The molecule has 162 valence electrons. The number of benzene rings is 2. The molecule has 0 atom stereocenters. The van der Waals surface area contributed by atoms with E-state index in [-0.39, 0.29) is 23.0 Å². The Morgan fingerprint density at radius 1 is 1.00 bits per heavy atom. The van der Waals surface area contributed by atoms with E-state index in [1.54, 1.807) is 0 Å². The van der Waals surface area contributed by atoms with Gasteiger partial charge in [0.1, 0.15) is 0 Å². The van der Waals surface area contributed by atoms with Crippen molar-refractivity contribution in [1.82, 2.24) is 10.2 Å². The highest BCUT2D eigenvalue weighted by Crippen LogP contribution is 2.27. The molecule has 3 rings (SSSR count). The van der Waals surface area contributed by atoms with Crippen molar-refractivity contribution in [2.24, 2.45) is 0 Å². The standard InChI is InChI=1S/C23H26N4O2S2/c1-14-6-7-15(2)18(12-14)24-19(28)13-30-22-27-26-21(31-22)25-20(29)16-8-10-17(11-9-16)23(3,4)5/h6-12H,13H2,1-5H3,(H,24,28)(H,25,26,29). The summed E-state index contributed by atoms with van der Waals surface area (Å²) in [5, 5.41) is 14.2. The molecule has 0 aliphatic carbocycles. The maximum atomic E-state index is 12.5. The van der Waals surface area contributed by atoms with E-state index in [1.807, 2.05) is 56.3 Å². The van der Waals surface area contributed by atoms with Crippen molar-refractivity contribution in [2.45, 2.75) is 44.4 Å². The summed E-state index contributed by atoms with van der Waals surface area (Å²) in [6.45, 7) is 10.3. The van der Waals surface area contributed by atoms with Crippen LogP contribution in [-0.2, 0) is 10.2 Å². The lowest BCUT2D eigenvalue weighted by Crippen LogP contribution is -2.14. The molecule has 1 aromatic heterocycles. The summed E-state index contributed by atoms with van der Waals surface area (Å²) in [6.07, 6.45) is 0. The van der Waals surface area contributed by atoms with Crippen LogP contribution in [0.15, 0.2) is 46.8 Å². The van der Waals surface area contributed by atoms with Crippen LogP contribution in [0, 0.1) is 13.8 Å². The highest BCUT2D eigenvalue weighted by atomic mass is 32.2. The van der Waals surface area contributed by atoms with Crippen LogP contribution in [0.1, 0.15) is 47.8 Å². The molecule has 2 aromatic carbocycles. The van der Waals surface area contributed by atoms with Gasteiger partial charge in [-0.15, -0.1) is 10.2 Å². The van der Waals surface area contributed by atoms with Crippen LogP contribution in [-0.4, -0.2) is 27.8 Å². The Balaban J connectivity index is 1.53. The van der Waals surface area contributed by atoms with Gasteiger partial charge in [-0.05, 0) is 54.2 Å². The fourth-order valence-corrected chi connectivity index (χ4v) is 4.34. The van der Waals surface area contributed by atoms with E-state index in [1.165, 1.54) is 23.1 Å². The molecular formula is C23H26N4O2S2. The molecule has 6 nitrogen and oxygen atoms in total. The van der Waals surface area contributed by atoms with Crippen LogP contribution in [0.4, 0.5) is 10.8 Å². The van der Waals surface area contributed by atoms with Gasteiger partial charge in [0.2, 0.25) is 11.0 Å². The number of rotatable bonds is 6. The highest BCUT2D eigenvalue weighted by Gasteiger charge is 2.16. The van der Waals surface area contributed by atoms with Crippen LogP contribution >= 0.6 is 23.1 Å². The first-order valence-electron chi connectivity index (χ1n) is 9.87. The van der Waals surface area contributed by atoms with Crippen LogP contribution in [0.25, 0.3) is 0 Å². The summed E-state index contributed by atoms with van der Waals surface area (Å²) in [4.78, 5) is 24.7. The number of carbonyl (C=O) groups is 2. The lowest BCUT2D eigenvalue weighted by Gasteiger charge is -2.18. The zero-order valence-electron chi connectivity index (χ0n) is 18.3. The first kappa shape index (κ1) is 23.0. The van der Waals surface area contributed by atoms with Gasteiger partial charge in [0.15, 0.2) is 4.34 Å². The summed E-state index contributed by atoms with van der Waals surface area (Å²) >= 11 is 2.53. The van der Waals surface area contributed by atoms with Gasteiger partial charge in [0.25, 0.3) is 5.91 Å². The van der Waals surface area contributed by atoms with Gasteiger partial charge < -0.3 is 5.32 Å². The number of nitrogens with zero attached hydrogens (tertiary/aromatic N) is 2. The molecule has 0 aliphatic heterocycles. The minimum atomic E-state index is -0.235. The van der Waals surface area contributed by atoms with Crippen LogP contribution in [0.2, 0.25) is 0 Å². The summed E-state index contributed by atoms with van der Waals surface area (Å²) in [5.41, 5.74) is 4.67. The van der Waals surface area contributed by atoms with Crippen LogP contribution in [0.3, 0.4) is 0 Å². The predicted octanol–water partition coefficient (Wildman–Crippen LogP) is 5.44. The van der Waals surface area contributed by atoms with E-state index in [0.29, 0.717) is 15.0 Å². The molecule has 2 amide bonds. The third kappa shape index (κ3) is 6.38. The topological polar surface area (TPSA) is 84.0 Å². The number of amides is 2. The maximum Gasteiger partial charge on any atom is 0.257 e. The van der Waals surface area contributed by atoms with Gasteiger partial charge in [-0.25, -0.2) is 0 Å². The highest BCUT2D eigenvalue weighted by molar-refractivity contribution is 8.01. The number of aryl methyl sites for hydroxylation is 2. The quantitative estimate of drug-likeness (QED) is 0.383. The summed E-state index contributed by atoms with van der Waals surface area (Å²) in [7, 11) is 0.